The number of aryl methyl sites for hydroxylation is 1. The minimum atomic E-state index is -0.346. The van der Waals surface area contributed by atoms with Gasteiger partial charge in [-0.1, -0.05) is 0 Å². The maximum atomic E-state index is 10.8. The van der Waals surface area contributed by atoms with Crippen molar-refractivity contribution < 1.29 is 10.0 Å². The first-order valence-corrected chi connectivity index (χ1v) is 6.74. The molecule has 1 aliphatic carbocycles. The normalized spacial score (nSPS) is 29.6. The predicted octanol–water partition coefficient (Wildman–Crippen LogP) is 2.11. The summed E-state index contributed by atoms with van der Waals surface area (Å²) in [4.78, 5) is 12.7. The zero-order valence-electron chi connectivity index (χ0n) is 11.0. The number of fused-ring (bicyclic) bond motifs is 1. The van der Waals surface area contributed by atoms with Gasteiger partial charge in [-0.05, 0) is 37.8 Å². The van der Waals surface area contributed by atoms with Crippen molar-refractivity contribution in [2.24, 2.45) is 11.8 Å². The molecule has 5 heteroatoms. The fourth-order valence-electron chi connectivity index (χ4n) is 3.49. The van der Waals surface area contributed by atoms with Gasteiger partial charge in [-0.3, -0.25) is 10.1 Å². The van der Waals surface area contributed by atoms with Crippen molar-refractivity contribution in [1.82, 2.24) is 0 Å². The van der Waals surface area contributed by atoms with E-state index in [0.717, 1.165) is 31.6 Å². The van der Waals surface area contributed by atoms with Crippen molar-refractivity contribution in [3.63, 3.8) is 0 Å². The lowest BCUT2D eigenvalue weighted by Crippen LogP contribution is -2.24. The first kappa shape index (κ1) is 12.4. The van der Waals surface area contributed by atoms with Gasteiger partial charge >= 0.3 is 0 Å². The molecule has 3 unspecified atom stereocenters. The molecule has 19 heavy (non-hydrogen) atoms. The molecule has 0 spiro atoms. The first-order valence-electron chi connectivity index (χ1n) is 6.74. The number of hydrogen-bond donors (Lipinski definition) is 1. The van der Waals surface area contributed by atoms with Gasteiger partial charge < -0.3 is 10.0 Å². The molecule has 1 saturated heterocycles. The van der Waals surface area contributed by atoms with E-state index in [-0.39, 0.29) is 16.7 Å². The molecular formula is C14H18N2O3. The molecule has 102 valence electrons. The highest BCUT2D eigenvalue weighted by Crippen LogP contribution is 2.40. The van der Waals surface area contributed by atoms with E-state index >= 15 is 0 Å². The van der Waals surface area contributed by atoms with E-state index < -0.39 is 0 Å². The fraction of sp³-hybridized carbons (Fsp3) is 0.571. The summed E-state index contributed by atoms with van der Waals surface area (Å²) in [5.74, 6) is 0.945. The summed E-state index contributed by atoms with van der Waals surface area (Å²) in [6.07, 6.45) is 1.84. The molecule has 0 aromatic heterocycles. The van der Waals surface area contributed by atoms with Gasteiger partial charge in [0.2, 0.25) is 0 Å². The summed E-state index contributed by atoms with van der Waals surface area (Å²) in [5, 5.41) is 20.7. The summed E-state index contributed by atoms with van der Waals surface area (Å²) < 4.78 is 0. The number of nitro groups is 1. The molecule has 1 saturated carbocycles. The minimum Gasteiger partial charge on any atom is -0.393 e. The van der Waals surface area contributed by atoms with Crippen molar-refractivity contribution in [3.8, 4) is 0 Å². The third-order valence-electron chi connectivity index (χ3n) is 4.56. The number of nitro benzene ring substituents is 1. The van der Waals surface area contributed by atoms with Crippen LogP contribution in [0.1, 0.15) is 18.4 Å². The van der Waals surface area contributed by atoms with E-state index in [2.05, 4.69) is 4.90 Å². The van der Waals surface area contributed by atoms with E-state index in [9.17, 15) is 15.2 Å². The van der Waals surface area contributed by atoms with E-state index in [1.54, 1.807) is 13.0 Å². The van der Waals surface area contributed by atoms with Gasteiger partial charge in [-0.25, -0.2) is 0 Å². The van der Waals surface area contributed by atoms with Crippen LogP contribution in [0.4, 0.5) is 11.4 Å². The third-order valence-corrected chi connectivity index (χ3v) is 4.56. The standard InChI is InChI=1S/C14H18N2O3/c1-9-6-11(3-4-13(9)16(18)19)15-7-10-2-5-14(17)12(10)8-15/h3-4,6,10,12,14,17H,2,5,7-8H2,1H3. The van der Waals surface area contributed by atoms with Crippen LogP contribution in [0.2, 0.25) is 0 Å². The molecule has 3 atom stereocenters. The van der Waals surface area contributed by atoms with Crippen LogP contribution in [0.3, 0.4) is 0 Å². The fourth-order valence-corrected chi connectivity index (χ4v) is 3.49. The van der Waals surface area contributed by atoms with E-state index in [0.29, 0.717) is 17.4 Å². The van der Waals surface area contributed by atoms with E-state index in [1.807, 2.05) is 12.1 Å². The van der Waals surface area contributed by atoms with E-state index in [4.69, 9.17) is 0 Å². The highest BCUT2D eigenvalue weighted by Gasteiger charge is 2.41. The lowest BCUT2D eigenvalue weighted by atomic mass is 10.00. The quantitative estimate of drug-likeness (QED) is 0.654. The highest BCUT2D eigenvalue weighted by molar-refractivity contribution is 5.56. The van der Waals surface area contributed by atoms with Gasteiger partial charge in [0.25, 0.3) is 5.69 Å². The number of hydrogen-bond acceptors (Lipinski definition) is 4. The summed E-state index contributed by atoms with van der Waals surface area (Å²) in [6.45, 7) is 3.59. The number of aliphatic hydroxyl groups is 1. The molecule has 2 aliphatic rings. The van der Waals surface area contributed by atoms with Gasteiger partial charge in [0, 0.05) is 36.3 Å². The number of nitrogens with zero attached hydrogens (tertiary/aromatic N) is 2. The molecule has 1 N–H and O–H groups in total. The Kier molecular flexibility index (Phi) is 2.93. The Hall–Kier alpha value is -1.62. The van der Waals surface area contributed by atoms with E-state index in [1.165, 1.54) is 0 Å². The SMILES string of the molecule is Cc1cc(N2CC3CCC(O)C3C2)ccc1[N+](=O)[O-]. The smallest absolute Gasteiger partial charge is 0.272 e. The topological polar surface area (TPSA) is 66.6 Å². The Morgan fingerprint density at radius 3 is 2.79 bits per heavy atom. The second-order valence-corrected chi connectivity index (χ2v) is 5.70. The van der Waals surface area contributed by atoms with Gasteiger partial charge in [-0.2, -0.15) is 0 Å². The van der Waals surface area contributed by atoms with Gasteiger partial charge in [0.15, 0.2) is 0 Å². The molecule has 1 aliphatic heterocycles. The average molecular weight is 262 g/mol. The average Bonchev–Trinajstić information content (AvgIpc) is 2.91. The molecule has 2 fully saturated rings. The predicted molar refractivity (Wildman–Crippen MR) is 72.3 cm³/mol. The van der Waals surface area contributed by atoms with Crippen LogP contribution >= 0.6 is 0 Å². The molecule has 0 bridgehead atoms. The maximum Gasteiger partial charge on any atom is 0.272 e. The minimum absolute atomic E-state index is 0.170. The number of benzene rings is 1. The Labute approximate surface area is 112 Å². The van der Waals surface area contributed by atoms with Crippen LogP contribution in [-0.4, -0.2) is 29.2 Å². The summed E-state index contributed by atoms with van der Waals surface area (Å²) >= 11 is 0. The second-order valence-electron chi connectivity index (χ2n) is 5.70. The van der Waals surface area contributed by atoms with Crippen molar-refractivity contribution in [2.45, 2.75) is 25.9 Å². The Balaban J connectivity index is 1.81. The monoisotopic (exact) mass is 262 g/mol. The maximum absolute atomic E-state index is 10.8. The third kappa shape index (κ3) is 2.08. The number of aliphatic hydroxyl groups excluding tert-OH is 1. The van der Waals surface area contributed by atoms with Crippen LogP contribution < -0.4 is 4.90 Å². The second kappa shape index (κ2) is 4.49. The van der Waals surface area contributed by atoms with Crippen LogP contribution in [0.25, 0.3) is 0 Å². The molecular weight excluding hydrogens is 244 g/mol. The Morgan fingerprint density at radius 1 is 1.37 bits per heavy atom. The van der Waals surface area contributed by atoms with Crippen LogP contribution in [0.5, 0.6) is 0 Å². The van der Waals surface area contributed by atoms with Crippen molar-refractivity contribution in [3.05, 3.63) is 33.9 Å². The zero-order valence-corrected chi connectivity index (χ0v) is 11.0. The molecule has 1 aromatic carbocycles. The van der Waals surface area contributed by atoms with Crippen molar-refractivity contribution in [2.75, 3.05) is 18.0 Å². The van der Waals surface area contributed by atoms with Crippen LogP contribution in [0.15, 0.2) is 18.2 Å². The lowest BCUT2D eigenvalue weighted by Gasteiger charge is -2.20. The van der Waals surface area contributed by atoms with Gasteiger partial charge in [-0.15, -0.1) is 0 Å². The zero-order chi connectivity index (χ0) is 13.6. The van der Waals surface area contributed by atoms with Gasteiger partial charge in [0.1, 0.15) is 0 Å². The molecule has 0 amide bonds. The lowest BCUT2D eigenvalue weighted by molar-refractivity contribution is -0.385. The first-order chi connectivity index (χ1) is 9.06. The van der Waals surface area contributed by atoms with Gasteiger partial charge in [0.05, 0.1) is 11.0 Å². The number of rotatable bonds is 2. The molecule has 1 aromatic rings. The largest absolute Gasteiger partial charge is 0.393 e. The highest BCUT2D eigenvalue weighted by atomic mass is 16.6. The van der Waals surface area contributed by atoms with Crippen LogP contribution in [-0.2, 0) is 0 Å². The molecule has 3 rings (SSSR count). The molecule has 1 heterocycles. The van der Waals surface area contributed by atoms with Crippen LogP contribution in [0, 0.1) is 28.9 Å². The Morgan fingerprint density at radius 2 is 2.16 bits per heavy atom. The van der Waals surface area contributed by atoms with Crippen molar-refractivity contribution >= 4 is 11.4 Å². The summed E-state index contributed by atoms with van der Waals surface area (Å²) in [7, 11) is 0. The Bertz CT molecular complexity index is 517. The number of anilines is 1. The summed E-state index contributed by atoms with van der Waals surface area (Å²) in [5.41, 5.74) is 1.90. The molecule has 5 nitrogen and oxygen atoms in total. The van der Waals surface area contributed by atoms with Crippen molar-refractivity contribution in [1.29, 1.82) is 0 Å². The summed E-state index contributed by atoms with van der Waals surface area (Å²) in [6, 6.07) is 5.28. The molecule has 0 radical (unpaired) electrons.